The maximum Gasteiger partial charge on any atom is 0.178 e. The number of nitrogens with one attached hydrogen (secondary N) is 1. The van der Waals surface area contributed by atoms with Gasteiger partial charge in [0.2, 0.25) is 0 Å². The fourth-order valence-corrected chi connectivity index (χ4v) is 4.11. The molecule has 2 aromatic rings. The zero-order valence-corrected chi connectivity index (χ0v) is 16.4. The highest BCUT2D eigenvalue weighted by atomic mass is 16.5. The van der Waals surface area contributed by atoms with Crippen LogP contribution in [0.4, 0.5) is 0 Å². The topological polar surface area (TPSA) is 80.8 Å². The van der Waals surface area contributed by atoms with Gasteiger partial charge in [0.05, 0.1) is 0 Å². The molecule has 6 nitrogen and oxygen atoms in total. The lowest BCUT2D eigenvalue weighted by atomic mass is 9.81. The minimum Gasteiger partial charge on any atom is -0.381 e. The maximum atomic E-state index is 12.2. The molecule has 1 saturated heterocycles. The summed E-state index contributed by atoms with van der Waals surface area (Å²) in [5.74, 6) is 1.33. The number of aromatic amines is 1. The van der Waals surface area contributed by atoms with E-state index in [1.54, 1.807) is 6.92 Å². The second-order valence-electron chi connectivity index (χ2n) is 7.69. The van der Waals surface area contributed by atoms with Crippen molar-refractivity contribution in [3.63, 3.8) is 0 Å². The van der Waals surface area contributed by atoms with E-state index in [9.17, 15) is 4.79 Å². The van der Waals surface area contributed by atoms with Crippen LogP contribution in [0.25, 0.3) is 0 Å². The smallest absolute Gasteiger partial charge is 0.178 e. The Morgan fingerprint density at radius 3 is 2.67 bits per heavy atom. The molecule has 1 fully saturated rings. The van der Waals surface area contributed by atoms with Crippen LogP contribution in [0, 0.1) is 11.8 Å². The molecule has 0 aliphatic carbocycles. The zero-order chi connectivity index (χ0) is 19.1. The van der Waals surface area contributed by atoms with E-state index in [2.05, 4.69) is 51.8 Å². The Morgan fingerprint density at radius 1 is 1.30 bits per heavy atom. The highest BCUT2D eigenvalue weighted by Gasteiger charge is 2.29. The molecule has 2 heterocycles. The number of hydrogen-bond donors (Lipinski definition) is 1. The predicted molar refractivity (Wildman–Crippen MR) is 103 cm³/mol. The lowest BCUT2D eigenvalue weighted by Gasteiger charge is -2.23. The van der Waals surface area contributed by atoms with E-state index >= 15 is 0 Å². The van der Waals surface area contributed by atoms with Crippen molar-refractivity contribution in [3.8, 4) is 0 Å². The van der Waals surface area contributed by atoms with E-state index in [1.165, 1.54) is 24.0 Å². The first-order valence-electron chi connectivity index (χ1n) is 10.1. The van der Waals surface area contributed by atoms with E-state index in [0.29, 0.717) is 11.7 Å². The Balaban J connectivity index is 1.70. The number of hydrogen-bond acceptors (Lipinski definition) is 5. The summed E-state index contributed by atoms with van der Waals surface area (Å²) in [7, 11) is 0. The minimum atomic E-state index is -0.0772. The van der Waals surface area contributed by atoms with Crippen molar-refractivity contribution in [2.45, 2.75) is 58.3 Å². The molecule has 27 heavy (non-hydrogen) atoms. The number of nitrogens with zero attached hydrogens (tertiary/aromatic N) is 3. The van der Waals surface area contributed by atoms with E-state index in [4.69, 9.17) is 4.74 Å². The molecule has 3 atom stereocenters. The van der Waals surface area contributed by atoms with Crippen molar-refractivity contribution in [2.24, 2.45) is 11.8 Å². The summed E-state index contributed by atoms with van der Waals surface area (Å²) < 4.78 is 5.59. The quantitative estimate of drug-likeness (QED) is 0.731. The van der Waals surface area contributed by atoms with Gasteiger partial charge in [-0.15, -0.1) is 10.2 Å². The third-order valence-corrected chi connectivity index (χ3v) is 5.56. The standard InChI is InChI=1S/C21H30N4O2/c1-3-5-19(15(2)26)20(21-22-24-25-23-21)13-17-9-7-16(8-10-17)12-18-6-4-11-27-14-18/h7-10,18-20H,3-6,11-14H2,1-2H3,(H,22,23,24,25)/t18-,19+,20-/m0/s1. The monoisotopic (exact) mass is 370 g/mol. The molecule has 6 heteroatoms. The number of ether oxygens (including phenoxy) is 1. The van der Waals surface area contributed by atoms with Gasteiger partial charge in [-0.25, -0.2) is 0 Å². The van der Waals surface area contributed by atoms with E-state index in [1.807, 2.05) is 0 Å². The molecule has 3 rings (SSSR count). The van der Waals surface area contributed by atoms with E-state index in [0.717, 1.165) is 38.9 Å². The second-order valence-corrected chi connectivity index (χ2v) is 7.69. The Morgan fingerprint density at radius 2 is 2.07 bits per heavy atom. The van der Waals surface area contributed by atoms with Gasteiger partial charge in [-0.3, -0.25) is 4.79 Å². The van der Waals surface area contributed by atoms with Crippen molar-refractivity contribution >= 4 is 5.78 Å². The van der Waals surface area contributed by atoms with Crippen molar-refractivity contribution in [1.82, 2.24) is 20.6 Å². The molecular weight excluding hydrogens is 340 g/mol. The normalized spacial score (nSPS) is 19.6. The lowest BCUT2D eigenvalue weighted by molar-refractivity contribution is -0.121. The average molecular weight is 370 g/mol. The Labute approximate surface area is 161 Å². The van der Waals surface area contributed by atoms with E-state index < -0.39 is 0 Å². The average Bonchev–Trinajstić information content (AvgIpc) is 3.21. The number of aromatic nitrogens is 4. The SMILES string of the molecule is CCC[C@H](C(C)=O)[C@H](Cc1ccc(C[C@@H]2CCCOC2)cc1)c1nn[nH]n1. The van der Waals surface area contributed by atoms with Crippen molar-refractivity contribution in [3.05, 3.63) is 41.2 Å². The van der Waals surface area contributed by atoms with Gasteiger partial charge in [0, 0.05) is 25.0 Å². The summed E-state index contributed by atoms with van der Waals surface area (Å²) in [6.07, 6.45) is 6.03. The summed E-state index contributed by atoms with van der Waals surface area (Å²) >= 11 is 0. The first kappa shape index (κ1) is 19.7. The lowest BCUT2D eigenvalue weighted by Crippen LogP contribution is -2.23. The molecule has 0 spiro atoms. The molecule has 0 saturated carbocycles. The van der Waals surface area contributed by atoms with Gasteiger partial charge >= 0.3 is 0 Å². The number of tetrazole rings is 1. The van der Waals surface area contributed by atoms with Crippen LogP contribution in [0.15, 0.2) is 24.3 Å². The van der Waals surface area contributed by atoms with Gasteiger partial charge in [0.1, 0.15) is 5.78 Å². The molecule has 1 aromatic heterocycles. The number of carbonyl (C=O) groups is 1. The first-order valence-corrected chi connectivity index (χ1v) is 10.1. The molecule has 1 aliphatic rings. The largest absolute Gasteiger partial charge is 0.381 e. The van der Waals surface area contributed by atoms with Crippen LogP contribution in [-0.2, 0) is 22.4 Å². The van der Waals surface area contributed by atoms with Crippen LogP contribution in [0.5, 0.6) is 0 Å². The summed E-state index contributed by atoms with van der Waals surface area (Å²) in [6, 6.07) is 8.77. The van der Waals surface area contributed by atoms with Crippen molar-refractivity contribution < 1.29 is 9.53 Å². The first-order chi connectivity index (χ1) is 13.2. The fraction of sp³-hybridized carbons (Fsp3) is 0.619. The second kappa shape index (κ2) is 9.74. The molecule has 0 radical (unpaired) electrons. The van der Waals surface area contributed by atoms with Gasteiger partial charge < -0.3 is 4.74 Å². The molecule has 1 aliphatic heterocycles. The highest BCUT2D eigenvalue weighted by molar-refractivity contribution is 5.79. The van der Waals surface area contributed by atoms with Gasteiger partial charge in [-0.2, -0.15) is 5.21 Å². The molecule has 146 valence electrons. The highest BCUT2D eigenvalue weighted by Crippen LogP contribution is 2.30. The van der Waals surface area contributed by atoms with Gasteiger partial charge in [0.15, 0.2) is 5.82 Å². The van der Waals surface area contributed by atoms with Crippen LogP contribution in [0.2, 0.25) is 0 Å². The Bertz CT molecular complexity index is 693. The van der Waals surface area contributed by atoms with Crippen molar-refractivity contribution in [2.75, 3.05) is 13.2 Å². The molecular formula is C21H30N4O2. The number of rotatable bonds is 9. The summed E-state index contributed by atoms with van der Waals surface area (Å²) in [4.78, 5) is 12.2. The zero-order valence-electron chi connectivity index (χ0n) is 16.4. The van der Waals surface area contributed by atoms with Crippen LogP contribution >= 0.6 is 0 Å². The molecule has 0 amide bonds. The van der Waals surface area contributed by atoms with Crippen LogP contribution in [0.1, 0.15) is 62.4 Å². The number of benzene rings is 1. The minimum absolute atomic E-state index is 0.0428. The number of ketones is 1. The number of H-pyrrole nitrogens is 1. The molecule has 1 aromatic carbocycles. The number of carbonyl (C=O) groups excluding carboxylic acids is 1. The predicted octanol–water partition coefficient (Wildman–Crippen LogP) is 3.50. The third kappa shape index (κ3) is 5.45. The maximum absolute atomic E-state index is 12.2. The number of Topliss-reactive ketones (excluding diaryl/α,β-unsaturated/α-hetero) is 1. The van der Waals surface area contributed by atoms with Crippen LogP contribution < -0.4 is 0 Å². The van der Waals surface area contributed by atoms with Crippen LogP contribution in [0.3, 0.4) is 0 Å². The molecule has 1 N–H and O–H groups in total. The molecule has 0 bridgehead atoms. The van der Waals surface area contributed by atoms with E-state index in [-0.39, 0.29) is 17.6 Å². The van der Waals surface area contributed by atoms with Crippen molar-refractivity contribution in [1.29, 1.82) is 0 Å². The van der Waals surface area contributed by atoms with Gasteiger partial charge in [-0.1, -0.05) is 42.8 Å². The van der Waals surface area contributed by atoms with Gasteiger partial charge in [-0.05, 0) is 56.1 Å². The summed E-state index contributed by atoms with van der Waals surface area (Å²) in [5.41, 5.74) is 2.55. The third-order valence-electron chi connectivity index (χ3n) is 5.56. The van der Waals surface area contributed by atoms with Crippen LogP contribution in [-0.4, -0.2) is 39.6 Å². The Kier molecular flexibility index (Phi) is 7.10. The summed E-state index contributed by atoms with van der Waals surface area (Å²) in [6.45, 7) is 5.55. The fourth-order valence-electron chi connectivity index (χ4n) is 4.11. The summed E-state index contributed by atoms with van der Waals surface area (Å²) in [5, 5.41) is 14.6. The Hall–Kier alpha value is -2.08. The van der Waals surface area contributed by atoms with Gasteiger partial charge in [0.25, 0.3) is 0 Å². The molecule has 0 unspecified atom stereocenters.